The van der Waals surface area contributed by atoms with Gasteiger partial charge in [0.05, 0.1) is 13.2 Å². The number of β-amino-alcohol motifs (C(OH)–C–C–N with tert-alkyl or cyclic N) is 1. The first-order chi connectivity index (χ1) is 14.6. The second kappa shape index (κ2) is 9.47. The van der Waals surface area contributed by atoms with Crippen molar-refractivity contribution in [3.05, 3.63) is 64.7 Å². The summed E-state index contributed by atoms with van der Waals surface area (Å²) in [5.74, 6) is 0.795. The summed E-state index contributed by atoms with van der Waals surface area (Å²) in [7, 11) is 1.63. The van der Waals surface area contributed by atoms with Gasteiger partial charge in [-0.2, -0.15) is 0 Å². The molecule has 0 radical (unpaired) electrons. The minimum absolute atomic E-state index is 0.143. The van der Waals surface area contributed by atoms with E-state index in [4.69, 9.17) is 9.47 Å². The van der Waals surface area contributed by atoms with Crippen LogP contribution in [0.1, 0.15) is 22.3 Å². The quantitative estimate of drug-likeness (QED) is 0.576. The second-order valence-electron chi connectivity index (χ2n) is 7.89. The van der Waals surface area contributed by atoms with E-state index < -0.39 is 18.3 Å². The van der Waals surface area contributed by atoms with Gasteiger partial charge in [0.1, 0.15) is 18.0 Å². The number of fused-ring (bicyclic) bond motifs is 1. The van der Waals surface area contributed by atoms with Crippen molar-refractivity contribution in [3.8, 4) is 5.75 Å². The van der Waals surface area contributed by atoms with Gasteiger partial charge < -0.3 is 30.5 Å². The van der Waals surface area contributed by atoms with Gasteiger partial charge in [-0.15, -0.1) is 0 Å². The summed E-state index contributed by atoms with van der Waals surface area (Å²) in [6.07, 6.45) is -0.183. The van der Waals surface area contributed by atoms with E-state index in [-0.39, 0.29) is 6.04 Å². The summed E-state index contributed by atoms with van der Waals surface area (Å²) in [5, 5.41) is 19.7. The zero-order valence-corrected chi connectivity index (χ0v) is 17.2. The molecule has 30 heavy (non-hydrogen) atoms. The molecule has 3 atom stereocenters. The molecule has 0 aromatic heterocycles. The highest BCUT2D eigenvalue weighted by molar-refractivity contribution is 5.67. The van der Waals surface area contributed by atoms with E-state index in [2.05, 4.69) is 28.1 Å². The van der Waals surface area contributed by atoms with Crippen LogP contribution in [0.25, 0.3) is 0 Å². The highest BCUT2D eigenvalue weighted by atomic mass is 16.6. The lowest BCUT2D eigenvalue weighted by molar-refractivity contribution is 0.0188. The number of aliphatic hydroxyl groups is 1. The number of hydrogen-bond donors (Lipinski definition) is 4. The molecule has 2 aromatic rings. The molecule has 1 fully saturated rings. The molecule has 0 unspecified atom stereocenters. The van der Waals surface area contributed by atoms with Crippen molar-refractivity contribution < 1.29 is 19.4 Å². The number of hydrogen-bond acceptors (Lipinski definition) is 6. The van der Waals surface area contributed by atoms with Crippen LogP contribution in [0.4, 0.5) is 4.79 Å². The normalized spacial score (nSPS) is 22.9. The summed E-state index contributed by atoms with van der Waals surface area (Å²) in [6, 6.07) is 13.9. The lowest BCUT2D eigenvalue weighted by Gasteiger charge is -2.22. The van der Waals surface area contributed by atoms with E-state index in [1.165, 1.54) is 11.1 Å². The molecular formula is C23H29N3O4. The molecule has 0 aliphatic carbocycles. The number of benzene rings is 2. The fraction of sp³-hybridized carbons (Fsp3) is 0.435. The monoisotopic (exact) mass is 411 g/mol. The SMILES string of the molecule is COc1ccc(C[C@H]2NC[C@H](O)[C@H]2OC(=O)NCc2ccc3c(c2)CCNC3)cc1. The fourth-order valence-electron chi connectivity index (χ4n) is 4.12. The van der Waals surface area contributed by atoms with E-state index in [0.29, 0.717) is 19.5 Å². The molecule has 2 heterocycles. The standard InChI is InChI=1S/C23H29N3O4/c1-29-19-6-3-15(4-7-19)11-20-22(21(27)14-25-20)30-23(28)26-12-16-2-5-18-13-24-9-8-17(18)10-16/h2-7,10,20-22,24-25,27H,8-9,11-14H2,1H3,(H,26,28)/t20-,21+,22+/m1/s1. The number of aliphatic hydroxyl groups excluding tert-OH is 1. The minimum atomic E-state index is -0.727. The summed E-state index contributed by atoms with van der Waals surface area (Å²) < 4.78 is 10.8. The largest absolute Gasteiger partial charge is 0.497 e. The molecule has 160 valence electrons. The second-order valence-corrected chi connectivity index (χ2v) is 7.89. The van der Waals surface area contributed by atoms with E-state index in [0.717, 1.165) is 36.4 Å². The molecule has 2 aromatic carbocycles. The van der Waals surface area contributed by atoms with E-state index in [9.17, 15) is 9.90 Å². The average molecular weight is 412 g/mol. The zero-order chi connectivity index (χ0) is 20.9. The van der Waals surface area contributed by atoms with Crippen LogP contribution in [0.3, 0.4) is 0 Å². The van der Waals surface area contributed by atoms with Crippen molar-refractivity contribution in [1.82, 2.24) is 16.0 Å². The molecule has 0 bridgehead atoms. The van der Waals surface area contributed by atoms with Gasteiger partial charge in [0.25, 0.3) is 0 Å². The zero-order valence-electron chi connectivity index (χ0n) is 17.2. The number of carbonyl (C=O) groups excluding carboxylic acids is 1. The van der Waals surface area contributed by atoms with Crippen molar-refractivity contribution in [2.75, 3.05) is 20.2 Å². The van der Waals surface area contributed by atoms with Crippen LogP contribution in [0, 0.1) is 0 Å². The Morgan fingerprint density at radius 1 is 1.17 bits per heavy atom. The number of amides is 1. The molecule has 7 nitrogen and oxygen atoms in total. The van der Waals surface area contributed by atoms with Gasteiger partial charge in [0.2, 0.25) is 0 Å². The molecule has 1 saturated heterocycles. The third-order valence-electron chi connectivity index (χ3n) is 5.82. The highest BCUT2D eigenvalue weighted by Crippen LogP contribution is 2.20. The predicted molar refractivity (Wildman–Crippen MR) is 113 cm³/mol. The number of methoxy groups -OCH3 is 1. The smallest absolute Gasteiger partial charge is 0.407 e. The maximum absolute atomic E-state index is 12.4. The van der Waals surface area contributed by atoms with Crippen LogP contribution < -0.4 is 20.7 Å². The molecule has 0 saturated carbocycles. The first kappa shape index (κ1) is 20.7. The van der Waals surface area contributed by atoms with Gasteiger partial charge in [-0.1, -0.05) is 30.3 Å². The number of carbonyl (C=O) groups is 1. The Kier molecular flexibility index (Phi) is 6.52. The number of alkyl carbamates (subject to hydrolysis) is 1. The molecule has 2 aliphatic heterocycles. The predicted octanol–water partition coefficient (Wildman–Crippen LogP) is 1.51. The number of nitrogens with one attached hydrogen (secondary N) is 3. The molecule has 2 aliphatic rings. The van der Waals surface area contributed by atoms with Crippen LogP contribution in [-0.4, -0.2) is 49.6 Å². The van der Waals surface area contributed by atoms with E-state index in [1.807, 2.05) is 30.3 Å². The van der Waals surface area contributed by atoms with E-state index in [1.54, 1.807) is 7.11 Å². The van der Waals surface area contributed by atoms with Crippen LogP contribution in [0.5, 0.6) is 5.75 Å². The van der Waals surface area contributed by atoms with Crippen molar-refractivity contribution >= 4 is 6.09 Å². The number of ether oxygens (including phenoxy) is 2. The Bertz CT molecular complexity index is 871. The van der Waals surface area contributed by atoms with Gasteiger partial charge in [0.15, 0.2) is 0 Å². The van der Waals surface area contributed by atoms with Crippen LogP contribution in [-0.2, 0) is 30.7 Å². The summed E-state index contributed by atoms with van der Waals surface area (Å²) in [6.45, 7) is 2.68. The number of rotatable bonds is 6. The molecule has 4 N–H and O–H groups in total. The van der Waals surface area contributed by atoms with Gasteiger partial charge in [-0.3, -0.25) is 0 Å². The Morgan fingerprint density at radius 2 is 1.97 bits per heavy atom. The van der Waals surface area contributed by atoms with Gasteiger partial charge in [0, 0.05) is 19.6 Å². The maximum atomic E-state index is 12.4. The fourth-order valence-corrected chi connectivity index (χ4v) is 4.12. The van der Waals surface area contributed by atoms with Gasteiger partial charge >= 0.3 is 6.09 Å². The van der Waals surface area contributed by atoms with Crippen molar-refractivity contribution in [1.29, 1.82) is 0 Å². The first-order valence-corrected chi connectivity index (χ1v) is 10.4. The van der Waals surface area contributed by atoms with Gasteiger partial charge in [-0.25, -0.2) is 4.79 Å². The van der Waals surface area contributed by atoms with Crippen molar-refractivity contribution in [3.63, 3.8) is 0 Å². The first-order valence-electron chi connectivity index (χ1n) is 10.4. The molecule has 0 spiro atoms. The Hall–Kier alpha value is -2.61. The van der Waals surface area contributed by atoms with Crippen LogP contribution >= 0.6 is 0 Å². The summed E-state index contributed by atoms with van der Waals surface area (Å²) in [5.41, 5.74) is 4.78. The minimum Gasteiger partial charge on any atom is -0.497 e. The summed E-state index contributed by atoms with van der Waals surface area (Å²) >= 11 is 0. The molecule has 1 amide bonds. The average Bonchev–Trinajstić information content (AvgIpc) is 3.11. The van der Waals surface area contributed by atoms with Gasteiger partial charge in [-0.05, 0) is 53.8 Å². The lowest BCUT2D eigenvalue weighted by Crippen LogP contribution is -2.41. The Balaban J connectivity index is 1.31. The molecule has 4 rings (SSSR count). The Morgan fingerprint density at radius 3 is 2.77 bits per heavy atom. The third-order valence-corrected chi connectivity index (χ3v) is 5.82. The molecule has 7 heteroatoms. The van der Waals surface area contributed by atoms with E-state index >= 15 is 0 Å². The maximum Gasteiger partial charge on any atom is 0.407 e. The molecular weight excluding hydrogens is 382 g/mol. The van der Waals surface area contributed by atoms with Crippen molar-refractivity contribution in [2.45, 2.75) is 44.2 Å². The lowest BCUT2D eigenvalue weighted by atomic mass is 9.98. The highest BCUT2D eigenvalue weighted by Gasteiger charge is 2.37. The third kappa shape index (κ3) is 4.92. The summed E-state index contributed by atoms with van der Waals surface area (Å²) in [4.78, 5) is 12.4. The topological polar surface area (TPSA) is 91.8 Å². The Labute approximate surface area is 176 Å². The van der Waals surface area contributed by atoms with Crippen LogP contribution in [0.2, 0.25) is 0 Å². The van der Waals surface area contributed by atoms with Crippen molar-refractivity contribution in [2.24, 2.45) is 0 Å². The van der Waals surface area contributed by atoms with Crippen LogP contribution in [0.15, 0.2) is 42.5 Å².